The van der Waals surface area contributed by atoms with Gasteiger partial charge in [-0.3, -0.25) is 14.5 Å². The van der Waals surface area contributed by atoms with E-state index in [1.807, 2.05) is 30.3 Å². The van der Waals surface area contributed by atoms with Gasteiger partial charge in [-0.25, -0.2) is 4.68 Å². The number of rotatable bonds is 4. The minimum absolute atomic E-state index is 0.170. The number of para-hydroxylation sites is 1. The molecule has 0 spiro atoms. The number of amides is 2. The van der Waals surface area contributed by atoms with Crippen LogP contribution in [0.5, 0.6) is 0 Å². The van der Waals surface area contributed by atoms with Crippen molar-refractivity contribution in [3.8, 4) is 5.69 Å². The number of likely N-dealkylation sites (N-methyl/N-ethyl adjacent to an activating group) is 1. The Morgan fingerprint density at radius 1 is 1.23 bits per heavy atom. The van der Waals surface area contributed by atoms with Gasteiger partial charge in [0.25, 0.3) is 11.8 Å². The molecule has 8 nitrogen and oxygen atoms in total. The predicted octanol–water partition coefficient (Wildman–Crippen LogP) is 2.25. The van der Waals surface area contributed by atoms with Crippen LogP contribution in [0, 0.1) is 0 Å². The standard InChI is InChI=1S/C19H17F3N6O2/c1-2-26-17-12(11-23-28(17)13-6-4-3-5-7-13)10-15(18(26)30)24-16(29)14-8-9-27(25-14)19(20,21)22/h3-9,11,15H,2,10H2,1H3,(H,24,29). The highest BCUT2D eigenvalue weighted by Gasteiger charge is 2.37. The number of hydrogen-bond donors (Lipinski definition) is 1. The van der Waals surface area contributed by atoms with E-state index in [2.05, 4.69) is 15.5 Å². The third-order valence-electron chi connectivity index (χ3n) is 4.76. The topological polar surface area (TPSA) is 85.1 Å². The fourth-order valence-electron chi connectivity index (χ4n) is 3.40. The first-order valence-corrected chi connectivity index (χ1v) is 9.17. The summed E-state index contributed by atoms with van der Waals surface area (Å²) < 4.78 is 39.5. The third-order valence-corrected chi connectivity index (χ3v) is 4.76. The predicted molar refractivity (Wildman–Crippen MR) is 100 cm³/mol. The first-order valence-electron chi connectivity index (χ1n) is 9.17. The van der Waals surface area contributed by atoms with E-state index in [1.54, 1.807) is 17.8 Å². The Morgan fingerprint density at radius 2 is 1.97 bits per heavy atom. The molecular formula is C19H17F3N6O2. The summed E-state index contributed by atoms with van der Waals surface area (Å²) in [5.41, 5.74) is 1.10. The normalized spacial score (nSPS) is 16.5. The zero-order chi connectivity index (χ0) is 21.5. The number of nitrogens with zero attached hydrogens (tertiary/aromatic N) is 5. The lowest BCUT2D eigenvalue weighted by Crippen LogP contribution is -2.53. The molecule has 0 fully saturated rings. The molecule has 1 unspecified atom stereocenters. The van der Waals surface area contributed by atoms with Crippen molar-refractivity contribution in [2.45, 2.75) is 25.7 Å². The van der Waals surface area contributed by atoms with Crippen molar-refractivity contribution in [3.05, 3.63) is 60.0 Å². The van der Waals surface area contributed by atoms with Crippen molar-refractivity contribution >= 4 is 17.6 Å². The van der Waals surface area contributed by atoms with E-state index in [0.717, 1.165) is 17.3 Å². The molecule has 0 radical (unpaired) electrons. The maximum absolute atomic E-state index is 13.0. The molecule has 2 amide bonds. The summed E-state index contributed by atoms with van der Waals surface area (Å²) in [6, 6.07) is 9.31. The number of aromatic nitrogens is 4. The van der Waals surface area contributed by atoms with Crippen molar-refractivity contribution in [1.82, 2.24) is 24.9 Å². The van der Waals surface area contributed by atoms with Crippen molar-refractivity contribution in [2.24, 2.45) is 0 Å². The summed E-state index contributed by atoms with van der Waals surface area (Å²) >= 11 is 0. The van der Waals surface area contributed by atoms with Crippen LogP contribution in [0.1, 0.15) is 23.0 Å². The Hall–Kier alpha value is -3.63. The highest BCUT2D eigenvalue weighted by atomic mass is 19.4. The molecule has 2 aromatic heterocycles. The smallest absolute Gasteiger partial charge is 0.338 e. The summed E-state index contributed by atoms with van der Waals surface area (Å²) in [4.78, 5) is 26.9. The van der Waals surface area contributed by atoms with Gasteiger partial charge >= 0.3 is 6.30 Å². The van der Waals surface area contributed by atoms with Crippen LogP contribution in [0.15, 0.2) is 48.8 Å². The second kappa shape index (κ2) is 7.32. The molecule has 1 N–H and O–H groups in total. The van der Waals surface area contributed by atoms with E-state index in [-0.39, 0.29) is 17.0 Å². The Kier molecular flexibility index (Phi) is 4.80. The van der Waals surface area contributed by atoms with Crippen LogP contribution in [-0.2, 0) is 17.5 Å². The van der Waals surface area contributed by atoms with Gasteiger partial charge in [-0.05, 0) is 25.1 Å². The molecule has 1 aliphatic heterocycles. The molecule has 1 atom stereocenters. The number of anilines is 1. The minimum atomic E-state index is -4.72. The van der Waals surface area contributed by atoms with E-state index in [0.29, 0.717) is 18.6 Å². The lowest BCUT2D eigenvalue weighted by molar-refractivity contribution is -0.212. The van der Waals surface area contributed by atoms with Crippen LogP contribution in [-0.4, -0.2) is 44.0 Å². The number of halogens is 3. The van der Waals surface area contributed by atoms with Crippen LogP contribution in [0.25, 0.3) is 5.69 Å². The highest BCUT2D eigenvalue weighted by Crippen LogP contribution is 2.30. The number of carbonyl (C=O) groups excluding carboxylic acids is 2. The zero-order valence-corrected chi connectivity index (χ0v) is 15.8. The van der Waals surface area contributed by atoms with Crippen LogP contribution in [0.3, 0.4) is 0 Å². The largest absolute Gasteiger partial charge is 0.504 e. The molecule has 0 saturated carbocycles. The number of benzene rings is 1. The molecule has 0 aliphatic carbocycles. The van der Waals surface area contributed by atoms with Crippen LogP contribution >= 0.6 is 0 Å². The number of carbonyl (C=O) groups is 2. The van der Waals surface area contributed by atoms with Crippen LogP contribution in [0.2, 0.25) is 0 Å². The number of fused-ring (bicyclic) bond motifs is 1. The summed E-state index contributed by atoms with van der Waals surface area (Å²) in [6.45, 7) is 2.12. The second-order valence-electron chi connectivity index (χ2n) is 6.67. The number of nitrogens with one attached hydrogen (secondary N) is 1. The quantitative estimate of drug-likeness (QED) is 0.704. The van der Waals surface area contributed by atoms with Gasteiger partial charge in [-0.1, -0.05) is 18.2 Å². The second-order valence-corrected chi connectivity index (χ2v) is 6.67. The van der Waals surface area contributed by atoms with E-state index in [4.69, 9.17) is 0 Å². The lowest BCUT2D eigenvalue weighted by atomic mass is 10.0. The molecule has 3 heterocycles. The monoisotopic (exact) mass is 418 g/mol. The van der Waals surface area contributed by atoms with Crippen LogP contribution < -0.4 is 10.2 Å². The molecule has 1 aromatic carbocycles. The molecule has 30 heavy (non-hydrogen) atoms. The fraction of sp³-hybridized carbons (Fsp3) is 0.263. The molecule has 0 bridgehead atoms. The Morgan fingerprint density at radius 3 is 2.60 bits per heavy atom. The average molecular weight is 418 g/mol. The maximum Gasteiger partial charge on any atom is 0.504 e. The Balaban J connectivity index is 1.59. The first kappa shape index (κ1) is 19.7. The Bertz CT molecular complexity index is 1090. The molecule has 1 aliphatic rings. The van der Waals surface area contributed by atoms with Gasteiger partial charge in [-0.2, -0.15) is 14.9 Å². The van der Waals surface area contributed by atoms with Crippen molar-refractivity contribution in [1.29, 1.82) is 0 Å². The van der Waals surface area contributed by atoms with E-state index < -0.39 is 23.9 Å². The third kappa shape index (κ3) is 3.42. The van der Waals surface area contributed by atoms with Crippen molar-refractivity contribution < 1.29 is 22.8 Å². The summed E-state index contributed by atoms with van der Waals surface area (Å²) in [5.74, 6) is -0.613. The molecule has 3 aromatic rings. The van der Waals surface area contributed by atoms with Crippen LogP contribution in [0.4, 0.5) is 19.0 Å². The minimum Gasteiger partial charge on any atom is -0.338 e. The van der Waals surface area contributed by atoms with E-state index in [9.17, 15) is 22.8 Å². The number of hydrogen-bond acceptors (Lipinski definition) is 4. The summed E-state index contributed by atoms with van der Waals surface area (Å²) in [6.07, 6.45) is -2.28. The summed E-state index contributed by atoms with van der Waals surface area (Å²) in [7, 11) is 0. The highest BCUT2D eigenvalue weighted by molar-refractivity contribution is 6.03. The fourth-order valence-corrected chi connectivity index (χ4v) is 3.40. The van der Waals surface area contributed by atoms with E-state index >= 15 is 0 Å². The lowest BCUT2D eigenvalue weighted by Gasteiger charge is -2.32. The SMILES string of the molecule is CCN1C(=O)C(NC(=O)c2ccn(C(F)(F)F)n2)Cc2cnn(-c3ccccc3)c21. The Labute approximate surface area is 168 Å². The van der Waals surface area contributed by atoms with E-state index in [1.165, 1.54) is 4.90 Å². The van der Waals surface area contributed by atoms with Crippen molar-refractivity contribution in [2.75, 3.05) is 11.4 Å². The van der Waals surface area contributed by atoms with Gasteiger partial charge in [0, 0.05) is 24.7 Å². The summed E-state index contributed by atoms with van der Waals surface area (Å²) in [5, 5.41) is 10.1. The van der Waals surface area contributed by atoms with Crippen molar-refractivity contribution in [3.63, 3.8) is 0 Å². The van der Waals surface area contributed by atoms with Gasteiger partial charge < -0.3 is 5.32 Å². The maximum atomic E-state index is 13.0. The van der Waals surface area contributed by atoms with Gasteiger partial charge in [0.1, 0.15) is 17.6 Å². The average Bonchev–Trinajstić information content (AvgIpc) is 3.37. The first-order chi connectivity index (χ1) is 14.3. The van der Waals surface area contributed by atoms with Gasteiger partial charge in [-0.15, -0.1) is 13.2 Å². The molecule has 4 rings (SSSR count). The molecule has 11 heteroatoms. The molecule has 156 valence electrons. The van der Waals surface area contributed by atoms with Gasteiger partial charge in [0.2, 0.25) is 0 Å². The molecular weight excluding hydrogens is 401 g/mol. The van der Waals surface area contributed by atoms with Gasteiger partial charge in [0.05, 0.1) is 11.9 Å². The molecule has 0 saturated heterocycles. The number of alkyl halides is 3. The van der Waals surface area contributed by atoms with Gasteiger partial charge in [0.15, 0.2) is 0 Å². The zero-order valence-electron chi connectivity index (χ0n) is 15.8.